The van der Waals surface area contributed by atoms with Gasteiger partial charge in [0.2, 0.25) is 5.78 Å². The van der Waals surface area contributed by atoms with Crippen LogP contribution in [-0.4, -0.2) is 49.0 Å². The Labute approximate surface area is 179 Å². The standard InChI is InChI=1S/C23H24N2O6/c1-3-29-20-10-9-15(11-21(20)30-4-2)23(28)25-13-22(27)31-14-19(26)17-12-24-18-8-6-5-7-16(17)18/h5-12,24H,3-4,13-14H2,1-2H3,(H,25,28). The topological polar surface area (TPSA) is 107 Å². The highest BCUT2D eigenvalue weighted by Crippen LogP contribution is 2.28. The highest BCUT2D eigenvalue weighted by Gasteiger charge is 2.16. The van der Waals surface area contributed by atoms with Crippen LogP contribution in [0.3, 0.4) is 0 Å². The van der Waals surface area contributed by atoms with Gasteiger partial charge in [-0.3, -0.25) is 14.4 Å². The predicted molar refractivity (Wildman–Crippen MR) is 115 cm³/mol. The Morgan fingerprint density at radius 1 is 0.968 bits per heavy atom. The van der Waals surface area contributed by atoms with Crippen molar-refractivity contribution in [1.29, 1.82) is 0 Å². The van der Waals surface area contributed by atoms with Crippen molar-refractivity contribution >= 4 is 28.6 Å². The molecule has 0 aliphatic heterocycles. The van der Waals surface area contributed by atoms with Gasteiger partial charge < -0.3 is 24.5 Å². The molecule has 3 aromatic rings. The van der Waals surface area contributed by atoms with Gasteiger partial charge in [-0.15, -0.1) is 0 Å². The van der Waals surface area contributed by atoms with E-state index in [0.29, 0.717) is 35.8 Å². The van der Waals surface area contributed by atoms with E-state index in [-0.39, 0.29) is 12.3 Å². The van der Waals surface area contributed by atoms with Crippen molar-refractivity contribution in [3.8, 4) is 11.5 Å². The minimum atomic E-state index is -0.711. The van der Waals surface area contributed by atoms with Crippen molar-refractivity contribution in [3.05, 3.63) is 59.8 Å². The predicted octanol–water partition coefficient (Wildman–Crippen LogP) is 3.12. The smallest absolute Gasteiger partial charge is 0.325 e. The maximum absolute atomic E-state index is 12.4. The number of para-hydroxylation sites is 1. The zero-order valence-corrected chi connectivity index (χ0v) is 17.4. The fraction of sp³-hybridized carbons (Fsp3) is 0.261. The van der Waals surface area contributed by atoms with Crippen LogP contribution in [0.15, 0.2) is 48.7 Å². The van der Waals surface area contributed by atoms with Crippen molar-refractivity contribution in [1.82, 2.24) is 10.3 Å². The minimum absolute atomic E-state index is 0.314. The van der Waals surface area contributed by atoms with Crippen LogP contribution in [0.1, 0.15) is 34.6 Å². The Bertz CT molecular complexity index is 1090. The van der Waals surface area contributed by atoms with E-state index in [4.69, 9.17) is 14.2 Å². The van der Waals surface area contributed by atoms with Gasteiger partial charge in [0.15, 0.2) is 18.1 Å². The number of fused-ring (bicyclic) bond motifs is 1. The van der Waals surface area contributed by atoms with Gasteiger partial charge in [0, 0.05) is 28.2 Å². The molecule has 2 aromatic carbocycles. The lowest BCUT2D eigenvalue weighted by molar-refractivity contribution is -0.141. The molecule has 0 aliphatic rings. The monoisotopic (exact) mass is 424 g/mol. The second-order valence-corrected chi connectivity index (χ2v) is 6.54. The van der Waals surface area contributed by atoms with Gasteiger partial charge in [-0.25, -0.2) is 0 Å². The maximum atomic E-state index is 12.4. The Hall–Kier alpha value is -3.81. The van der Waals surface area contributed by atoms with Crippen molar-refractivity contribution in [2.75, 3.05) is 26.4 Å². The summed E-state index contributed by atoms with van der Waals surface area (Å²) in [4.78, 5) is 39.7. The quantitative estimate of drug-likeness (QED) is 0.383. The molecule has 0 aliphatic carbocycles. The summed E-state index contributed by atoms with van der Waals surface area (Å²) in [6.45, 7) is 3.79. The number of Topliss-reactive ketones (excluding diaryl/α,β-unsaturated/α-hetero) is 1. The summed E-state index contributed by atoms with van der Waals surface area (Å²) in [7, 11) is 0. The molecule has 0 fully saturated rings. The van der Waals surface area contributed by atoms with Crippen LogP contribution in [0.25, 0.3) is 10.9 Å². The summed E-state index contributed by atoms with van der Waals surface area (Å²) < 4.78 is 16.0. The van der Waals surface area contributed by atoms with Crippen LogP contribution in [0, 0.1) is 0 Å². The molecule has 1 heterocycles. The minimum Gasteiger partial charge on any atom is -0.490 e. The first-order chi connectivity index (χ1) is 15.0. The molecule has 31 heavy (non-hydrogen) atoms. The number of carbonyl (C=O) groups is 3. The molecule has 8 nitrogen and oxygen atoms in total. The van der Waals surface area contributed by atoms with Crippen molar-refractivity contribution < 1.29 is 28.6 Å². The van der Waals surface area contributed by atoms with E-state index < -0.39 is 18.5 Å². The Balaban J connectivity index is 1.52. The molecule has 0 unspecified atom stereocenters. The summed E-state index contributed by atoms with van der Waals surface area (Å²) >= 11 is 0. The largest absolute Gasteiger partial charge is 0.490 e. The molecule has 3 rings (SSSR count). The van der Waals surface area contributed by atoms with E-state index in [2.05, 4.69) is 10.3 Å². The Morgan fingerprint density at radius 2 is 1.71 bits per heavy atom. The number of amides is 1. The zero-order chi connectivity index (χ0) is 22.2. The van der Waals surface area contributed by atoms with Gasteiger partial charge in [-0.2, -0.15) is 0 Å². The van der Waals surface area contributed by atoms with Gasteiger partial charge in [-0.05, 0) is 38.1 Å². The summed E-state index contributed by atoms with van der Waals surface area (Å²) in [5, 5.41) is 3.24. The highest BCUT2D eigenvalue weighted by atomic mass is 16.5. The highest BCUT2D eigenvalue weighted by molar-refractivity contribution is 6.08. The lowest BCUT2D eigenvalue weighted by Gasteiger charge is -2.12. The molecule has 0 spiro atoms. The first kappa shape index (κ1) is 21.9. The molecule has 0 bridgehead atoms. The van der Waals surface area contributed by atoms with Crippen LogP contribution in [-0.2, 0) is 9.53 Å². The van der Waals surface area contributed by atoms with Crippen molar-refractivity contribution in [3.63, 3.8) is 0 Å². The number of hydrogen-bond acceptors (Lipinski definition) is 6. The van der Waals surface area contributed by atoms with Crippen LogP contribution in [0.4, 0.5) is 0 Å². The molecule has 1 amide bonds. The zero-order valence-electron chi connectivity index (χ0n) is 17.4. The third-order valence-corrected chi connectivity index (χ3v) is 4.45. The fourth-order valence-corrected chi connectivity index (χ4v) is 3.02. The van der Waals surface area contributed by atoms with Crippen molar-refractivity contribution in [2.24, 2.45) is 0 Å². The molecule has 0 atom stereocenters. The first-order valence-corrected chi connectivity index (χ1v) is 9.96. The lowest BCUT2D eigenvalue weighted by atomic mass is 10.1. The third-order valence-electron chi connectivity index (χ3n) is 4.45. The molecular formula is C23H24N2O6. The van der Waals surface area contributed by atoms with Crippen LogP contribution in [0.2, 0.25) is 0 Å². The van der Waals surface area contributed by atoms with Crippen LogP contribution in [0.5, 0.6) is 11.5 Å². The Kier molecular flexibility index (Phi) is 7.26. The summed E-state index contributed by atoms with van der Waals surface area (Å²) in [5.74, 6) is -0.522. The Morgan fingerprint density at radius 3 is 2.48 bits per heavy atom. The van der Waals surface area contributed by atoms with E-state index in [9.17, 15) is 14.4 Å². The van der Waals surface area contributed by atoms with Gasteiger partial charge in [0.05, 0.1) is 13.2 Å². The number of ether oxygens (including phenoxy) is 3. The average Bonchev–Trinajstić information content (AvgIpc) is 3.21. The molecule has 0 saturated carbocycles. The number of carbonyl (C=O) groups excluding carboxylic acids is 3. The SMILES string of the molecule is CCOc1ccc(C(=O)NCC(=O)OCC(=O)c2c[nH]c3ccccc23)cc1OCC. The number of H-pyrrole nitrogens is 1. The molecule has 0 radical (unpaired) electrons. The number of nitrogens with one attached hydrogen (secondary N) is 2. The van der Waals surface area contributed by atoms with E-state index in [0.717, 1.165) is 10.9 Å². The number of benzene rings is 2. The molecule has 162 valence electrons. The number of rotatable bonds is 10. The number of hydrogen-bond donors (Lipinski definition) is 2. The third kappa shape index (κ3) is 5.42. The number of aromatic nitrogens is 1. The summed E-state index contributed by atoms with van der Waals surface area (Å²) in [5.41, 5.74) is 1.59. The first-order valence-electron chi connectivity index (χ1n) is 9.96. The maximum Gasteiger partial charge on any atom is 0.325 e. The van der Waals surface area contributed by atoms with Gasteiger partial charge in [-0.1, -0.05) is 18.2 Å². The van der Waals surface area contributed by atoms with E-state index in [1.807, 2.05) is 38.1 Å². The van der Waals surface area contributed by atoms with E-state index >= 15 is 0 Å². The van der Waals surface area contributed by atoms with Gasteiger partial charge >= 0.3 is 5.97 Å². The molecule has 1 aromatic heterocycles. The summed E-state index contributed by atoms with van der Waals surface area (Å²) in [6, 6.07) is 12.1. The number of aromatic amines is 1. The second kappa shape index (κ2) is 10.3. The average molecular weight is 424 g/mol. The van der Waals surface area contributed by atoms with E-state index in [1.54, 1.807) is 24.4 Å². The summed E-state index contributed by atoms with van der Waals surface area (Å²) in [6.07, 6.45) is 1.59. The van der Waals surface area contributed by atoms with Gasteiger partial charge in [0.1, 0.15) is 6.54 Å². The number of ketones is 1. The fourth-order valence-electron chi connectivity index (χ4n) is 3.02. The number of esters is 1. The van der Waals surface area contributed by atoms with Crippen LogP contribution < -0.4 is 14.8 Å². The molecule has 8 heteroatoms. The second-order valence-electron chi connectivity index (χ2n) is 6.54. The van der Waals surface area contributed by atoms with E-state index in [1.165, 1.54) is 0 Å². The molecule has 0 saturated heterocycles. The van der Waals surface area contributed by atoms with Gasteiger partial charge in [0.25, 0.3) is 5.91 Å². The van der Waals surface area contributed by atoms with Crippen molar-refractivity contribution in [2.45, 2.75) is 13.8 Å². The lowest BCUT2D eigenvalue weighted by Crippen LogP contribution is -2.31. The molecular weight excluding hydrogens is 400 g/mol. The van der Waals surface area contributed by atoms with Crippen LogP contribution >= 0.6 is 0 Å². The normalized spacial score (nSPS) is 10.5. The molecule has 2 N–H and O–H groups in total.